The smallest absolute Gasteiger partial charge is 0.153 e. The van der Waals surface area contributed by atoms with Crippen molar-refractivity contribution >= 4 is 5.82 Å². The molecular formula is C11H16FN3O. The number of nitrogens with zero attached hydrogens (tertiary/aromatic N) is 3. The number of ether oxygens (including phenoxy) is 1. The second-order valence-electron chi connectivity index (χ2n) is 4.22. The van der Waals surface area contributed by atoms with Gasteiger partial charge >= 0.3 is 0 Å². The van der Waals surface area contributed by atoms with Gasteiger partial charge in [0, 0.05) is 26.3 Å². The molecule has 5 heteroatoms. The number of anilines is 1. The third-order valence-electron chi connectivity index (χ3n) is 2.79. The zero-order chi connectivity index (χ0) is 11.6. The van der Waals surface area contributed by atoms with Crippen LogP contribution in [0.2, 0.25) is 0 Å². The van der Waals surface area contributed by atoms with Gasteiger partial charge in [-0.25, -0.2) is 14.4 Å². The van der Waals surface area contributed by atoms with E-state index in [9.17, 15) is 4.39 Å². The Kier molecular flexibility index (Phi) is 3.05. The van der Waals surface area contributed by atoms with Crippen molar-refractivity contribution in [3.8, 4) is 0 Å². The lowest BCUT2D eigenvalue weighted by Gasteiger charge is -2.20. The van der Waals surface area contributed by atoms with E-state index >= 15 is 0 Å². The van der Waals surface area contributed by atoms with Crippen LogP contribution in [0.3, 0.4) is 0 Å². The van der Waals surface area contributed by atoms with Crippen LogP contribution in [-0.2, 0) is 4.74 Å². The molecule has 1 aliphatic rings. The Balaban J connectivity index is 2.09. The van der Waals surface area contributed by atoms with Crippen LogP contribution >= 0.6 is 0 Å². The Morgan fingerprint density at radius 3 is 3.12 bits per heavy atom. The predicted molar refractivity (Wildman–Crippen MR) is 59.3 cm³/mol. The number of rotatable bonds is 3. The minimum absolute atomic E-state index is 0.146. The van der Waals surface area contributed by atoms with Gasteiger partial charge < -0.3 is 9.64 Å². The number of aryl methyl sites for hydroxylation is 1. The van der Waals surface area contributed by atoms with Crippen LogP contribution in [0, 0.1) is 6.92 Å². The summed E-state index contributed by atoms with van der Waals surface area (Å²) in [6.07, 6.45) is 2.19. The highest BCUT2D eigenvalue weighted by Crippen LogP contribution is 2.28. The predicted octanol–water partition coefficient (Wildman–Crippen LogP) is 1.35. The van der Waals surface area contributed by atoms with E-state index in [1.807, 2.05) is 17.9 Å². The average Bonchev–Trinajstić information content (AvgIpc) is 2.61. The van der Waals surface area contributed by atoms with Crippen molar-refractivity contribution < 1.29 is 9.13 Å². The van der Waals surface area contributed by atoms with Crippen molar-refractivity contribution in [2.75, 3.05) is 31.7 Å². The van der Waals surface area contributed by atoms with Crippen molar-refractivity contribution in [1.82, 2.24) is 9.97 Å². The molecule has 1 saturated heterocycles. The zero-order valence-corrected chi connectivity index (χ0v) is 9.61. The molecule has 0 aliphatic carbocycles. The fourth-order valence-electron chi connectivity index (χ4n) is 2.03. The molecule has 1 aliphatic heterocycles. The van der Waals surface area contributed by atoms with E-state index in [0.29, 0.717) is 25.3 Å². The molecule has 0 spiro atoms. The molecule has 0 N–H and O–H groups in total. The number of aromatic nitrogens is 2. The van der Waals surface area contributed by atoms with Gasteiger partial charge in [-0.2, -0.15) is 0 Å². The molecule has 1 fully saturated rings. The third kappa shape index (κ3) is 2.29. The van der Waals surface area contributed by atoms with Crippen LogP contribution in [0.5, 0.6) is 0 Å². The Labute approximate surface area is 94.5 Å². The first-order valence-electron chi connectivity index (χ1n) is 5.35. The second-order valence-corrected chi connectivity index (χ2v) is 4.22. The molecule has 0 saturated carbocycles. The van der Waals surface area contributed by atoms with E-state index in [1.165, 1.54) is 7.11 Å². The van der Waals surface area contributed by atoms with E-state index in [0.717, 1.165) is 5.82 Å². The Morgan fingerprint density at radius 2 is 2.44 bits per heavy atom. The standard InChI is InChI=1S/C11H16FN3O/c1-9-13-5-3-10(14-9)15-6-4-11(12,7-15)8-16-2/h3,5H,4,6-8H2,1-2H3. The summed E-state index contributed by atoms with van der Waals surface area (Å²) in [6, 6.07) is 1.81. The maximum absolute atomic E-state index is 14.1. The van der Waals surface area contributed by atoms with Crippen molar-refractivity contribution in [3.05, 3.63) is 18.1 Å². The topological polar surface area (TPSA) is 38.2 Å². The highest BCUT2D eigenvalue weighted by atomic mass is 19.1. The fraction of sp³-hybridized carbons (Fsp3) is 0.636. The summed E-state index contributed by atoms with van der Waals surface area (Å²) in [4.78, 5) is 10.3. The van der Waals surface area contributed by atoms with Gasteiger partial charge in [0.2, 0.25) is 0 Å². The molecule has 1 aromatic heterocycles. The molecule has 4 nitrogen and oxygen atoms in total. The quantitative estimate of drug-likeness (QED) is 0.778. The highest BCUT2D eigenvalue weighted by molar-refractivity contribution is 5.40. The van der Waals surface area contributed by atoms with E-state index in [-0.39, 0.29) is 6.61 Å². The van der Waals surface area contributed by atoms with Crippen molar-refractivity contribution in [1.29, 1.82) is 0 Å². The van der Waals surface area contributed by atoms with E-state index in [4.69, 9.17) is 4.74 Å². The Morgan fingerprint density at radius 1 is 1.62 bits per heavy atom. The van der Waals surface area contributed by atoms with Gasteiger partial charge in [-0.15, -0.1) is 0 Å². The SMILES string of the molecule is COCC1(F)CCN(c2ccnc(C)n2)C1. The summed E-state index contributed by atoms with van der Waals surface area (Å²) in [5, 5.41) is 0. The van der Waals surface area contributed by atoms with Gasteiger partial charge in [-0.1, -0.05) is 0 Å². The van der Waals surface area contributed by atoms with Crippen LogP contribution in [0.15, 0.2) is 12.3 Å². The monoisotopic (exact) mass is 225 g/mol. The Hall–Kier alpha value is -1.23. The van der Waals surface area contributed by atoms with Crippen molar-refractivity contribution in [3.63, 3.8) is 0 Å². The molecule has 0 radical (unpaired) electrons. The van der Waals surface area contributed by atoms with E-state index in [2.05, 4.69) is 9.97 Å². The number of halogens is 1. The van der Waals surface area contributed by atoms with Gasteiger partial charge in [0.1, 0.15) is 11.6 Å². The molecule has 0 amide bonds. The van der Waals surface area contributed by atoms with Crippen LogP contribution in [-0.4, -0.2) is 42.4 Å². The van der Waals surface area contributed by atoms with Crippen LogP contribution in [0.25, 0.3) is 0 Å². The van der Waals surface area contributed by atoms with Gasteiger partial charge in [0.25, 0.3) is 0 Å². The number of hydrogen-bond donors (Lipinski definition) is 0. The minimum atomic E-state index is -1.24. The second kappa shape index (κ2) is 4.33. The summed E-state index contributed by atoms with van der Waals surface area (Å²) < 4.78 is 19.0. The molecule has 16 heavy (non-hydrogen) atoms. The van der Waals surface area contributed by atoms with Gasteiger partial charge in [-0.05, 0) is 13.0 Å². The first-order chi connectivity index (χ1) is 7.63. The van der Waals surface area contributed by atoms with Crippen LogP contribution < -0.4 is 4.90 Å². The minimum Gasteiger partial charge on any atom is -0.381 e. The van der Waals surface area contributed by atoms with Crippen LogP contribution in [0.1, 0.15) is 12.2 Å². The van der Waals surface area contributed by atoms with Crippen molar-refractivity contribution in [2.24, 2.45) is 0 Å². The van der Waals surface area contributed by atoms with Gasteiger partial charge in [-0.3, -0.25) is 0 Å². The zero-order valence-electron chi connectivity index (χ0n) is 9.61. The van der Waals surface area contributed by atoms with E-state index < -0.39 is 5.67 Å². The summed E-state index contributed by atoms with van der Waals surface area (Å²) in [7, 11) is 1.53. The lowest BCUT2D eigenvalue weighted by Crippen LogP contribution is -2.33. The Bertz CT molecular complexity index is 374. The molecule has 1 aromatic rings. The lowest BCUT2D eigenvalue weighted by molar-refractivity contribution is 0.0570. The molecule has 2 rings (SSSR count). The molecule has 88 valence electrons. The molecular weight excluding hydrogens is 209 g/mol. The third-order valence-corrected chi connectivity index (χ3v) is 2.79. The summed E-state index contributed by atoms with van der Waals surface area (Å²) >= 11 is 0. The highest BCUT2D eigenvalue weighted by Gasteiger charge is 2.38. The van der Waals surface area contributed by atoms with Crippen molar-refractivity contribution in [2.45, 2.75) is 19.0 Å². The largest absolute Gasteiger partial charge is 0.381 e. The molecule has 0 bridgehead atoms. The lowest BCUT2D eigenvalue weighted by atomic mass is 10.1. The molecule has 1 atom stereocenters. The fourth-order valence-corrected chi connectivity index (χ4v) is 2.03. The number of alkyl halides is 1. The maximum Gasteiger partial charge on any atom is 0.153 e. The number of hydrogen-bond acceptors (Lipinski definition) is 4. The summed E-state index contributed by atoms with van der Waals surface area (Å²) in [5.74, 6) is 1.50. The van der Waals surface area contributed by atoms with Gasteiger partial charge in [0.15, 0.2) is 5.67 Å². The summed E-state index contributed by atoms with van der Waals surface area (Å²) in [6.45, 7) is 3.00. The van der Waals surface area contributed by atoms with Gasteiger partial charge in [0.05, 0.1) is 13.2 Å². The maximum atomic E-state index is 14.1. The average molecular weight is 225 g/mol. The molecule has 2 heterocycles. The normalized spacial score (nSPS) is 25.1. The first kappa shape index (κ1) is 11.3. The molecule has 0 aromatic carbocycles. The first-order valence-corrected chi connectivity index (χ1v) is 5.35. The van der Waals surface area contributed by atoms with E-state index in [1.54, 1.807) is 6.20 Å². The summed E-state index contributed by atoms with van der Waals surface area (Å²) in [5.41, 5.74) is -1.24. The molecule has 1 unspecified atom stereocenters. The number of methoxy groups -OCH3 is 1. The van der Waals surface area contributed by atoms with Crippen LogP contribution in [0.4, 0.5) is 10.2 Å².